The maximum Gasteiger partial charge on any atom is 0.123 e. The highest BCUT2D eigenvalue weighted by Gasteiger charge is 1.94. The van der Waals surface area contributed by atoms with Gasteiger partial charge in [0.15, 0.2) is 0 Å². The number of hydrogen-bond acceptors (Lipinski definition) is 2. The molecule has 0 aliphatic carbocycles. The van der Waals surface area contributed by atoms with Crippen molar-refractivity contribution in [2.75, 3.05) is 0 Å². The van der Waals surface area contributed by atoms with Crippen molar-refractivity contribution < 1.29 is 4.48 Å². The molecular formula is C10H14FN3. The number of hydrogen-bond donors (Lipinski definition) is 2. The monoisotopic (exact) mass is 195 g/mol. The maximum absolute atomic E-state index is 11.8. The summed E-state index contributed by atoms with van der Waals surface area (Å²) in [5.41, 5.74) is 9.07. The van der Waals surface area contributed by atoms with E-state index in [1.54, 1.807) is 6.92 Å². The summed E-state index contributed by atoms with van der Waals surface area (Å²) in [6, 6.07) is 7.78. The van der Waals surface area contributed by atoms with Gasteiger partial charge in [0.25, 0.3) is 0 Å². The third-order valence-corrected chi connectivity index (χ3v) is 1.86. The number of nitrogens with zero attached hydrogens (tertiary/aromatic N) is 1. The molecule has 0 unspecified atom stereocenters. The first kappa shape index (κ1) is 10.7. The highest BCUT2D eigenvalue weighted by atomic mass is 19.2. The summed E-state index contributed by atoms with van der Waals surface area (Å²) >= 11 is 0. The molecule has 76 valence electrons. The van der Waals surface area contributed by atoms with E-state index in [0.29, 0.717) is 13.1 Å². The molecule has 0 saturated carbocycles. The minimum Gasteiger partial charge on any atom is -0.326 e. The average molecular weight is 195 g/mol. The smallest absolute Gasteiger partial charge is 0.123 e. The number of amidine groups is 1. The molecule has 1 rings (SSSR count). The number of nitrogens with two attached hydrogens (primary N) is 1. The van der Waals surface area contributed by atoms with Crippen molar-refractivity contribution in [1.29, 1.82) is 0 Å². The third-order valence-electron chi connectivity index (χ3n) is 1.86. The second-order valence-electron chi connectivity index (χ2n) is 3.02. The molecule has 0 amide bonds. The van der Waals surface area contributed by atoms with Crippen LogP contribution in [0, 0.1) is 0 Å². The van der Waals surface area contributed by atoms with Gasteiger partial charge in [-0.05, 0) is 18.1 Å². The molecule has 0 aromatic heterocycles. The fraction of sp³-hybridized carbons (Fsp3) is 0.300. The Morgan fingerprint density at radius 3 is 2.86 bits per heavy atom. The number of halogens is 1. The Bertz CT molecular complexity index is 323. The van der Waals surface area contributed by atoms with E-state index in [-0.39, 0.29) is 5.84 Å². The SMILES string of the molecule is CC(=NCc1cccc(CN)c1)NF. The Morgan fingerprint density at radius 2 is 2.21 bits per heavy atom. The predicted octanol–water partition coefficient (Wildman–Crippen LogP) is 1.54. The lowest BCUT2D eigenvalue weighted by Gasteiger charge is -2.01. The van der Waals surface area contributed by atoms with E-state index in [4.69, 9.17) is 5.73 Å². The highest BCUT2D eigenvalue weighted by Crippen LogP contribution is 2.05. The molecule has 1 aromatic carbocycles. The Kier molecular flexibility index (Phi) is 4.07. The van der Waals surface area contributed by atoms with Crippen LogP contribution in [0.4, 0.5) is 4.48 Å². The highest BCUT2D eigenvalue weighted by molar-refractivity contribution is 5.78. The van der Waals surface area contributed by atoms with E-state index in [1.807, 2.05) is 24.3 Å². The van der Waals surface area contributed by atoms with E-state index in [0.717, 1.165) is 11.1 Å². The van der Waals surface area contributed by atoms with Gasteiger partial charge in [0, 0.05) is 6.54 Å². The molecule has 0 spiro atoms. The van der Waals surface area contributed by atoms with Crippen LogP contribution in [0.3, 0.4) is 0 Å². The van der Waals surface area contributed by atoms with E-state index in [1.165, 1.54) is 5.54 Å². The minimum absolute atomic E-state index is 0.281. The molecule has 0 fully saturated rings. The molecule has 0 bridgehead atoms. The summed E-state index contributed by atoms with van der Waals surface area (Å²) in [5.74, 6) is 0.281. The van der Waals surface area contributed by atoms with E-state index in [2.05, 4.69) is 4.99 Å². The van der Waals surface area contributed by atoms with Crippen molar-refractivity contribution in [2.45, 2.75) is 20.0 Å². The van der Waals surface area contributed by atoms with Crippen molar-refractivity contribution in [1.82, 2.24) is 5.54 Å². The maximum atomic E-state index is 11.8. The van der Waals surface area contributed by atoms with Gasteiger partial charge in [-0.2, -0.15) is 0 Å². The first-order valence-electron chi connectivity index (χ1n) is 4.42. The molecule has 0 aliphatic heterocycles. The number of nitrogens with one attached hydrogen (secondary N) is 1. The third kappa shape index (κ3) is 3.14. The van der Waals surface area contributed by atoms with Gasteiger partial charge in [-0.3, -0.25) is 4.99 Å². The van der Waals surface area contributed by atoms with Gasteiger partial charge in [0.1, 0.15) is 5.84 Å². The van der Waals surface area contributed by atoms with Crippen molar-refractivity contribution in [3.05, 3.63) is 35.4 Å². The second-order valence-corrected chi connectivity index (χ2v) is 3.02. The number of aliphatic imine (C=N–C) groups is 1. The minimum atomic E-state index is 0.281. The summed E-state index contributed by atoms with van der Waals surface area (Å²) in [4.78, 5) is 3.98. The molecule has 0 atom stereocenters. The Balaban J connectivity index is 2.67. The van der Waals surface area contributed by atoms with Crippen LogP contribution >= 0.6 is 0 Å². The van der Waals surface area contributed by atoms with Gasteiger partial charge in [0.2, 0.25) is 0 Å². The van der Waals surface area contributed by atoms with Crippen LogP contribution < -0.4 is 11.3 Å². The molecular weight excluding hydrogens is 181 g/mol. The van der Waals surface area contributed by atoms with E-state index < -0.39 is 0 Å². The molecule has 14 heavy (non-hydrogen) atoms. The average Bonchev–Trinajstić information content (AvgIpc) is 2.26. The van der Waals surface area contributed by atoms with Crippen molar-refractivity contribution in [3.63, 3.8) is 0 Å². The van der Waals surface area contributed by atoms with Crippen LogP contribution in [-0.4, -0.2) is 5.84 Å². The fourth-order valence-corrected chi connectivity index (χ4v) is 1.09. The standard InChI is InChI=1S/C10H14FN3/c1-8(14-11)13-7-10-4-2-3-9(5-10)6-12/h2-5H,6-7,12H2,1H3,(H,13,14). The zero-order valence-electron chi connectivity index (χ0n) is 8.13. The normalized spacial score (nSPS) is 11.5. The topological polar surface area (TPSA) is 50.4 Å². The Morgan fingerprint density at radius 1 is 1.50 bits per heavy atom. The fourth-order valence-electron chi connectivity index (χ4n) is 1.09. The van der Waals surface area contributed by atoms with Crippen LogP contribution in [0.5, 0.6) is 0 Å². The van der Waals surface area contributed by atoms with Crippen LogP contribution in [0.2, 0.25) is 0 Å². The van der Waals surface area contributed by atoms with Crippen molar-refractivity contribution in [2.24, 2.45) is 10.7 Å². The summed E-state index contributed by atoms with van der Waals surface area (Å²) in [6.45, 7) is 2.56. The van der Waals surface area contributed by atoms with Crippen LogP contribution in [0.15, 0.2) is 29.3 Å². The van der Waals surface area contributed by atoms with Gasteiger partial charge >= 0.3 is 0 Å². The molecule has 1 aromatic rings. The second kappa shape index (κ2) is 5.34. The number of rotatable bonds is 3. The van der Waals surface area contributed by atoms with Gasteiger partial charge in [-0.15, -0.1) is 4.48 Å². The Labute approximate surface area is 82.8 Å². The molecule has 0 heterocycles. The van der Waals surface area contributed by atoms with Crippen molar-refractivity contribution >= 4 is 5.84 Å². The summed E-state index contributed by atoms with van der Waals surface area (Å²) in [7, 11) is 0. The van der Waals surface area contributed by atoms with E-state index >= 15 is 0 Å². The summed E-state index contributed by atoms with van der Waals surface area (Å²) < 4.78 is 11.8. The molecule has 4 heteroatoms. The van der Waals surface area contributed by atoms with Crippen molar-refractivity contribution in [3.8, 4) is 0 Å². The van der Waals surface area contributed by atoms with Crippen LogP contribution in [0.1, 0.15) is 18.1 Å². The van der Waals surface area contributed by atoms with Gasteiger partial charge in [-0.1, -0.05) is 24.3 Å². The summed E-state index contributed by atoms with van der Waals surface area (Å²) in [6.07, 6.45) is 0. The van der Waals surface area contributed by atoms with Gasteiger partial charge in [-0.25, -0.2) is 5.54 Å². The molecule has 3 nitrogen and oxygen atoms in total. The lowest BCUT2D eigenvalue weighted by atomic mass is 10.1. The lowest BCUT2D eigenvalue weighted by Crippen LogP contribution is -2.08. The van der Waals surface area contributed by atoms with Gasteiger partial charge in [0.05, 0.1) is 6.54 Å². The molecule has 0 radical (unpaired) electrons. The Hall–Kier alpha value is -1.42. The number of benzene rings is 1. The van der Waals surface area contributed by atoms with Crippen LogP contribution in [0.25, 0.3) is 0 Å². The largest absolute Gasteiger partial charge is 0.326 e. The zero-order chi connectivity index (χ0) is 10.4. The van der Waals surface area contributed by atoms with Gasteiger partial charge < -0.3 is 5.73 Å². The summed E-state index contributed by atoms with van der Waals surface area (Å²) in [5, 5.41) is 0. The van der Waals surface area contributed by atoms with Crippen LogP contribution in [-0.2, 0) is 13.1 Å². The van der Waals surface area contributed by atoms with E-state index in [9.17, 15) is 4.48 Å². The molecule has 0 saturated heterocycles. The molecule has 3 N–H and O–H groups in total. The quantitative estimate of drug-likeness (QED) is 0.436. The molecule has 0 aliphatic rings. The predicted molar refractivity (Wildman–Crippen MR) is 55.4 cm³/mol. The lowest BCUT2D eigenvalue weighted by molar-refractivity contribution is 0.430. The zero-order valence-corrected chi connectivity index (χ0v) is 8.13. The first-order chi connectivity index (χ1) is 6.76. The first-order valence-corrected chi connectivity index (χ1v) is 4.42.